The molecule has 23 heavy (non-hydrogen) atoms. The molecule has 2 heterocycles. The number of rotatable bonds is 2. The zero-order chi connectivity index (χ0) is 15.8. The minimum absolute atomic E-state index is 1.04. The van der Waals surface area contributed by atoms with E-state index in [2.05, 4.69) is 74.5 Å². The van der Waals surface area contributed by atoms with E-state index in [0.717, 1.165) is 11.2 Å². The van der Waals surface area contributed by atoms with Crippen LogP contribution in [-0.2, 0) is 0 Å². The summed E-state index contributed by atoms with van der Waals surface area (Å²) in [6, 6.07) is 23.4. The van der Waals surface area contributed by atoms with Gasteiger partial charge in [-0.05, 0) is 43.7 Å². The van der Waals surface area contributed by atoms with Crippen LogP contribution in [0, 0.1) is 13.8 Å². The van der Waals surface area contributed by atoms with Crippen molar-refractivity contribution >= 4 is 22.2 Å². The Hall–Kier alpha value is -2.45. The predicted molar refractivity (Wildman–Crippen MR) is 100.0 cm³/mol. The first-order chi connectivity index (χ1) is 11.2. The van der Waals surface area contributed by atoms with E-state index in [9.17, 15) is 0 Å². The lowest BCUT2D eigenvalue weighted by molar-refractivity contribution is 1.36. The number of aryl methyl sites for hydroxylation is 2. The summed E-state index contributed by atoms with van der Waals surface area (Å²) in [6.07, 6.45) is 0. The second-order valence-electron chi connectivity index (χ2n) is 5.80. The number of fused-ring (bicyclic) bond motifs is 1. The fraction of sp³-hybridized carbons (Fsp3) is 0.0952. The summed E-state index contributed by atoms with van der Waals surface area (Å²) in [5, 5.41) is 1.18. The van der Waals surface area contributed by atoms with Crippen LogP contribution in [0.25, 0.3) is 32.6 Å². The summed E-state index contributed by atoms with van der Waals surface area (Å²) in [6.45, 7) is 4.31. The lowest BCUT2D eigenvalue weighted by Crippen LogP contribution is -1.91. The van der Waals surface area contributed by atoms with Crippen LogP contribution in [-0.4, -0.2) is 4.98 Å². The van der Waals surface area contributed by atoms with E-state index in [1.165, 1.54) is 31.8 Å². The van der Waals surface area contributed by atoms with Crippen molar-refractivity contribution < 1.29 is 0 Å². The highest BCUT2D eigenvalue weighted by Gasteiger charge is 2.13. The van der Waals surface area contributed by atoms with Crippen molar-refractivity contribution in [1.82, 2.24) is 4.98 Å². The molecule has 0 saturated carbocycles. The highest BCUT2D eigenvalue weighted by molar-refractivity contribution is 7.15. The molecule has 4 rings (SSSR count). The summed E-state index contributed by atoms with van der Waals surface area (Å²) in [5.74, 6) is 0. The number of nitrogens with zero attached hydrogens (tertiary/aromatic N) is 1. The molecule has 0 atom stereocenters. The van der Waals surface area contributed by atoms with Crippen LogP contribution in [0.1, 0.15) is 10.4 Å². The second-order valence-corrected chi connectivity index (χ2v) is 7.08. The van der Waals surface area contributed by atoms with Crippen LogP contribution in [0.15, 0.2) is 66.7 Å². The van der Waals surface area contributed by atoms with E-state index in [1.54, 1.807) is 0 Å². The maximum atomic E-state index is 4.90. The van der Waals surface area contributed by atoms with Crippen molar-refractivity contribution in [3.8, 4) is 21.7 Å². The standard InChI is InChI=1S/C21H17NS/c1-14-6-5-8-17(20-13-10-15(2)23-20)21(14)19-12-11-16-7-3-4-9-18(16)22-19/h3-13H,1-2H3. The zero-order valence-electron chi connectivity index (χ0n) is 13.2. The molecule has 0 spiro atoms. The minimum atomic E-state index is 1.04. The number of pyridine rings is 1. The van der Waals surface area contributed by atoms with Crippen LogP contribution in [0.4, 0.5) is 0 Å². The predicted octanol–water partition coefficient (Wildman–Crippen LogP) is 6.25. The normalized spacial score (nSPS) is 11.0. The molecule has 2 aromatic carbocycles. The van der Waals surface area contributed by atoms with Gasteiger partial charge in [-0.25, -0.2) is 4.98 Å². The molecular weight excluding hydrogens is 298 g/mol. The molecule has 1 nitrogen and oxygen atoms in total. The molecule has 0 unspecified atom stereocenters. The van der Waals surface area contributed by atoms with E-state index < -0.39 is 0 Å². The van der Waals surface area contributed by atoms with Gasteiger partial charge in [-0.2, -0.15) is 0 Å². The van der Waals surface area contributed by atoms with Crippen molar-refractivity contribution in [2.75, 3.05) is 0 Å². The largest absolute Gasteiger partial charge is 0.248 e. The van der Waals surface area contributed by atoms with Gasteiger partial charge in [0.2, 0.25) is 0 Å². The fourth-order valence-corrected chi connectivity index (χ4v) is 3.90. The number of thiophene rings is 1. The second kappa shape index (κ2) is 5.64. The summed E-state index contributed by atoms with van der Waals surface area (Å²) < 4.78 is 0. The highest BCUT2D eigenvalue weighted by Crippen LogP contribution is 2.37. The van der Waals surface area contributed by atoms with Gasteiger partial charge in [0.15, 0.2) is 0 Å². The maximum Gasteiger partial charge on any atom is 0.0718 e. The van der Waals surface area contributed by atoms with Gasteiger partial charge < -0.3 is 0 Å². The van der Waals surface area contributed by atoms with Crippen LogP contribution in [0.2, 0.25) is 0 Å². The Morgan fingerprint density at radius 3 is 2.48 bits per heavy atom. The van der Waals surface area contributed by atoms with Gasteiger partial charge >= 0.3 is 0 Å². The number of hydrogen-bond acceptors (Lipinski definition) is 2. The Labute approximate surface area is 140 Å². The van der Waals surface area contributed by atoms with Gasteiger partial charge in [-0.3, -0.25) is 0 Å². The highest BCUT2D eigenvalue weighted by atomic mass is 32.1. The van der Waals surface area contributed by atoms with Gasteiger partial charge in [-0.15, -0.1) is 11.3 Å². The Morgan fingerprint density at radius 1 is 0.783 bits per heavy atom. The van der Waals surface area contributed by atoms with E-state index in [0.29, 0.717) is 0 Å². The molecule has 0 aliphatic heterocycles. The van der Waals surface area contributed by atoms with Gasteiger partial charge in [-0.1, -0.05) is 42.5 Å². The minimum Gasteiger partial charge on any atom is -0.248 e. The van der Waals surface area contributed by atoms with Gasteiger partial charge in [0.25, 0.3) is 0 Å². The molecular formula is C21H17NS. The molecule has 0 bridgehead atoms. The van der Waals surface area contributed by atoms with Crippen LogP contribution in [0.5, 0.6) is 0 Å². The first-order valence-corrected chi connectivity index (χ1v) is 8.56. The monoisotopic (exact) mass is 315 g/mol. The quantitative estimate of drug-likeness (QED) is 0.426. The Balaban J connectivity index is 1.96. The third kappa shape index (κ3) is 2.55. The molecule has 112 valence electrons. The van der Waals surface area contributed by atoms with E-state index >= 15 is 0 Å². The molecule has 2 heteroatoms. The Kier molecular flexibility index (Phi) is 3.47. The van der Waals surface area contributed by atoms with Crippen LogP contribution < -0.4 is 0 Å². The van der Waals surface area contributed by atoms with E-state index in [1.807, 2.05) is 17.4 Å². The number of aromatic nitrogens is 1. The number of para-hydroxylation sites is 1. The molecule has 2 aromatic heterocycles. The Bertz CT molecular complexity index is 998. The van der Waals surface area contributed by atoms with Gasteiger partial charge in [0.05, 0.1) is 11.2 Å². The summed E-state index contributed by atoms with van der Waals surface area (Å²) in [4.78, 5) is 7.54. The lowest BCUT2D eigenvalue weighted by atomic mass is 9.97. The smallest absolute Gasteiger partial charge is 0.0718 e. The number of hydrogen-bond donors (Lipinski definition) is 0. The van der Waals surface area contributed by atoms with Crippen molar-refractivity contribution in [2.24, 2.45) is 0 Å². The maximum absolute atomic E-state index is 4.90. The molecule has 0 aliphatic rings. The molecule has 0 aliphatic carbocycles. The average Bonchev–Trinajstić information content (AvgIpc) is 3.00. The first-order valence-electron chi connectivity index (χ1n) is 7.75. The molecule has 0 radical (unpaired) electrons. The molecule has 0 amide bonds. The van der Waals surface area contributed by atoms with Crippen molar-refractivity contribution in [1.29, 1.82) is 0 Å². The average molecular weight is 315 g/mol. The third-order valence-electron chi connectivity index (χ3n) is 4.13. The SMILES string of the molecule is Cc1ccc(-c2cccc(C)c2-c2ccc3ccccc3n2)s1. The lowest BCUT2D eigenvalue weighted by Gasteiger charge is -2.12. The van der Waals surface area contributed by atoms with Crippen molar-refractivity contribution in [2.45, 2.75) is 13.8 Å². The van der Waals surface area contributed by atoms with Crippen molar-refractivity contribution in [3.63, 3.8) is 0 Å². The van der Waals surface area contributed by atoms with Gasteiger partial charge in [0.1, 0.15) is 0 Å². The summed E-state index contributed by atoms with van der Waals surface area (Å²) in [7, 11) is 0. The Morgan fingerprint density at radius 2 is 1.65 bits per heavy atom. The summed E-state index contributed by atoms with van der Waals surface area (Å²) in [5.41, 5.74) is 5.85. The van der Waals surface area contributed by atoms with Gasteiger partial charge in [0, 0.05) is 26.3 Å². The van der Waals surface area contributed by atoms with Crippen LogP contribution in [0.3, 0.4) is 0 Å². The number of benzene rings is 2. The topological polar surface area (TPSA) is 12.9 Å². The van der Waals surface area contributed by atoms with E-state index in [-0.39, 0.29) is 0 Å². The molecule has 0 saturated heterocycles. The van der Waals surface area contributed by atoms with Crippen molar-refractivity contribution in [3.05, 3.63) is 77.2 Å². The van der Waals surface area contributed by atoms with Crippen LogP contribution >= 0.6 is 11.3 Å². The molecule has 4 aromatic rings. The summed E-state index contributed by atoms with van der Waals surface area (Å²) >= 11 is 1.83. The molecule has 0 N–H and O–H groups in total. The fourth-order valence-electron chi connectivity index (χ4n) is 3.00. The van der Waals surface area contributed by atoms with E-state index in [4.69, 9.17) is 4.98 Å². The zero-order valence-corrected chi connectivity index (χ0v) is 14.0. The first kappa shape index (κ1) is 14.2. The third-order valence-corrected chi connectivity index (χ3v) is 5.17. The molecule has 0 fully saturated rings.